The fraction of sp³-hybridized carbons (Fsp3) is 0.417. The molecule has 3 nitrogen and oxygen atoms in total. The molecule has 0 radical (unpaired) electrons. The summed E-state index contributed by atoms with van der Waals surface area (Å²) in [5, 5.41) is 2.99. The van der Waals surface area contributed by atoms with Crippen LogP contribution in [-0.2, 0) is 10.2 Å². The molecule has 0 unspecified atom stereocenters. The molecule has 0 bridgehead atoms. The van der Waals surface area contributed by atoms with Crippen molar-refractivity contribution in [2.45, 2.75) is 31.6 Å². The summed E-state index contributed by atoms with van der Waals surface area (Å²) in [5.41, 5.74) is 9.54. The maximum atomic E-state index is 11.9. The van der Waals surface area contributed by atoms with Crippen LogP contribution in [-0.4, -0.2) is 5.91 Å². The van der Waals surface area contributed by atoms with E-state index in [1.54, 1.807) is 0 Å². The minimum Gasteiger partial charge on any atom is -0.399 e. The lowest BCUT2D eigenvalue weighted by Gasteiger charge is -2.36. The van der Waals surface area contributed by atoms with Gasteiger partial charge in [0.1, 0.15) is 0 Å². The summed E-state index contributed by atoms with van der Waals surface area (Å²) in [6.07, 6.45) is 3.07. The highest BCUT2D eigenvalue weighted by molar-refractivity contribution is 6.08. The summed E-state index contributed by atoms with van der Waals surface area (Å²) in [6.45, 7) is 1.99. The van der Waals surface area contributed by atoms with E-state index in [1.807, 2.05) is 19.1 Å². The van der Waals surface area contributed by atoms with Gasteiger partial charge in [-0.05, 0) is 43.0 Å². The van der Waals surface area contributed by atoms with Gasteiger partial charge < -0.3 is 11.1 Å². The van der Waals surface area contributed by atoms with Gasteiger partial charge in [0.05, 0.1) is 5.41 Å². The molecule has 3 rings (SSSR count). The number of carbonyl (C=O) groups is 1. The van der Waals surface area contributed by atoms with Crippen LogP contribution < -0.4 is 11.1 Å². The number of benzene rings is 1. The Balaban J connectivity index is 2.24. The standard InChI is InChI=1S/C12H14N2O/c1-7-5-8(13)6-9-10(7)14-11(15)12(9)3-2-4-12/h5-6H,2-4,13H2,1H3,(H,14,15). The molecule has 1 aliphatic heterocycles. The molecule has 0 saturated heterocycles. The zero-order chi connectivity index (χ0) is 10.6. The summed E-state index contributed by atoms with van der Waals surface area (Å²) in [4.78, 5) is 11.9. The molecular formula is C12H14N2O. The fourth-order valence-electron chi connectivity index (χ4n) is 2.74. The highest BCUT2D eigenvalue weighted by Gasteiger charge is 2.51. The Hall–Kier alpha value is -1.51. The number of fused-ring (bicyclic) bond motifs is 2. The second kappa shape index (κ2) is 2.54. The normalized spacial score (nSPS) is 21.0. The lowest BCUT2D eigenvalue weighted by atomic mass is 9.65. The van der Waals surface area contributed by atoms with Crippen molar-refractivity contribution in [2.24, 2.45) is 0 Å². The van der Waals surface area contributed by atoms with Gasteiger partial charge in [-0.3, -0.25) is 4.79 Å². The van der Waals surface area contributed by atoms with Crippen molar-refractivity contribution in [3.05, 3.63) is 23.3 Å². The molecule has 0 aromatic heterocycles. The summed E-state index contributed by atoms with van der Waals surface area (Å²) < 4.78 is 0. The molecule has 1 saturated carbocycles. The van der Waals surface area contributed by atoms with Crippen molar-refractivity contribution in [3.63, 3.8) is 0 Å². The molecule has 1 aromatic carbocycles. The topological polar surface area (TPSA) is 55.1 Å². The Morgan fingerprint density at radius 3 is 2.73 bits per heavy atom. The summed E-state index contributed by atoms with van der Waals surface area (Å²) in [7, 11) is 0. The van der Waals surface area contributed by atoms with Crippen molar-refractivity contribution >= 4 is 17.3 Å². The Morgan fingerprint density at radius 2 is 2.13 bits per heavy atom. The van der Waals surface area contributed by atoms with Gasteiger partial charge in [-0.1, -0.05) is 6.42 Å². The summed E-state index contributed by atoms with van der Waals surface area (Å²) in [5.74, 6) is 0.164. The van der Waals surface area contributed by atoms with E-state index in [-0.39, 0.29) is 11.3 Å². The summed E-state index contributed by atoms with van der Waals surface area (Å²) in [6, 6.07) is 3.87. The van der Waals surface area contributed by atoms with E-state index < -0.39 is 0 Å². The number of anilines is 2. The smallest absolute Gasteiger partial charge is 0.235 e. The highest BCUT2D eigenvalue weighted by atomic mass is 16.2. The van der Waals surface area contributed by atoms with Gasteiger partial charge in [-0.2, -0.15) is 0 Å². The number of hydrogen-bond acceptors (Lipinski definition) is 2. The molecule has 1 heterocycles. The van der Waals surface area contributed by atoms with E-state index in [9.17, 15) is 4.79 Å². The van der Waals surface area contributed by atoms with Gasteiger partial charge in [0.25, 0.3) is 0 Å². The van der Waals surface area contributed by atoms with E-state index in [2.05, 4.69) is 5.32 Å². The highest BCUT2D eigenvalue weighted by Crippen LogP contribution is 2.52. The fourth-order valence-corrected chi connectivity index (χ4v) is 2.74. The van der Waals surface area contributed by atoms with Crippen molar-refractivity contribution in [3.8, 4) is 0 Å². The minimum atomic E-state index is -0.241. The zero-order valence-electron chi connectivity index (χ0n) is 8.76. The maximum Gasteiger partial charge on any atom is 0.235 e. The molecule has 2 aliphatic rings. The van der Waals surface area contributed by atoms with Crippen molar-refractivity contribution in [1.82, 2.24) is 0 Å². The molecule has 1 spiro atoms. The average Bonchev–Trinajstić information content (AvgIpc) is 2.37. The Morgan fingerprint density at radius 1 is 1.40 bits per heavy atom. The van der Waals surface area contributed by atoms with Gasteiger partial charge in [-0.15, -0.1) is 0 Å². The third kappa shape index (κ3) is 0.928. The molecule has 15 heavy (non-hydrogen) atoms. The molecule has 1 amide bonds. The van der Waals surface area contributed by atoms with Crippen LogP contribution in [0.2, 0.25) is 0 Å². The number of amides is 1. The third-order valence-electron chi connectivity index (χ3n) is 3.75. The maximum absolute atomic E-state index is 11.9. The summed E-state index contributed by atoms with van der Waals surface area (Å²) >= 11 is 0. The van der Waals surface area contributed by atoms with Crippen LogP contribution in [0.4, 0.5) is 11.4 Å². The number of nitrogens with two attached hydrogens (primary N) is 1. The Labute approximate surface area is 88.7 Å². The quantitative estimate of drug-likeness (QED) is 0.632. The van der Waals surface area contributed by atoms with Crippen LogP contribution in [0.1, 0.15) is 30.4 Å². The van der Waals surface area contributed by atoms with Crippen molar-refractivity contribution in [1.29, 1.82) is 0 Å². The molecule has 1 aromatic rings. The van der Waals surface area contributed by atoms with Crippen LogP contribution in [0.25, 0.3) is 0 Å². The zero-order valence-corrected chi connectivity index (χ0v) is 8.76. The monoisotopic (exact) mass is 202 g/mol. The predicted molar refractivity (Wildman–Crippen MR) is 59.8 cm³/mol. The predicted octanol–water partition coefficient (Wildman–Crippen LogP) is 1.95. The van der Waals surface area contributed by atoms with Gasteiger partial charge >= 0.3 is 0 Å². The van der Waals surface area contributed by atoms with Gasteiger partial charge in [0.2, 0.25) is 5.91 Å². The molecule has 0 atom stereocenters. The molecule has 3 heteroatoms. The molecule has 1 aliphatic carbocycles. The molecule has 78 valence electrons. The second-order valence-electron chi connectivity index (χ2n) is 4.65. The molecule has 1 fully saturated rings. The second-order valence-corrected chi connectivity index (χ2v) is 4.65. The van der Waals surface area contributed by atoms with E-state index in [1.165, 1.54) is 0 Å². The van der Waals surface area contributed by atoms with Crippen molar-refractivity contribution in [2.75, 3.05) is 11.1 Å². The number of hydrogen-bond donors (Lipinski definition) is 2. The minimum absolute atomic E-state index is 0.164. The first-order valence-corrected chi connectivity index (χ1v) is 5.35. The first-order chi connectivity index (χ1) is 7.13. The van der Waals surface area contributed by atoms with E-state index >= 15 is 0 Å². The number of nitrogen functional groups attached to an aromatic ring is 1. The number of carbonyl (C=O) groups excluding carboxylic acids is 1. The van der Waals surface area contributed by atoms with Crippen LogP contribution in [0.15, 0.2) is 12.1 Å². The van der Waals surface area contributed by atoms with E-state index in [0.717, 1.165) is 41.8 Å². The van der Waals surface area contributed by atoms with Gasteiger partial charge in [0, 0.05) is 11.4 Å². The number of rotatable bonds is 0. The lowest BCUT2D eigenvalue weighted by molar-refractivity contribution is -0.123. The van der Waals surface area contributed by atoms with Crippen LogP contribution in [0, 0.1) is 6.92 Å². The van der Waals surface area contributed by atoms with Crippen LogP contribution in [0.5, 0.6) is 0 Å². The first-order valence-electron chi connectivity index (χ1n) is 5.35. The number of nitrogens with one attached hydrogen (secondary N) is 1. The Bertz CT molecular complexity index is 461. The van der Waals surface area contributed by atoms with Gasteiger partial charge in [0.15, 0.2) is 0 Å². The Kier molecular flexibility index (Phi) is 1.48. The van der Waals surface area contributed by atoms with E-state index in [0.29, 0.717) is 0 Å². The average molecular weight is 202 g/mol. The van der Waals surface area contributed by atoms with Crippen LogP contribution >= 0.6 is 0 Å². The SMILES string of the molecule is Cc1cc(N)cc2c1NC(=O)C21CCC1. The lowest BCUT2D eigenvalue weighted by Crippen LogP contribution is -2.40. The first kappa shape index (κ1) is 8.77. The largest absolute Gasteiger partial charge is 0.399 e. The molecule has 3 N–H and O–H groups in total. The van der Waals surface area contributed by atoms with Gasteiger partial charge in [-0.25, -0.2) is 0 Å². The third-order valence-corrected chi connectivity index (χ3v) is 3.75. The van der Waals surface area contributed by atoms with Crippen LogP contribution in [0.3, 0.4) is 0 Å². The van der Waals surface area contributed by atoms with Crippen molar-refractivity contribution < 1.29 is 4.79 Å². The number of aryl methyl sites for hydroxylation is 1. The molecular weight excluding hydrogens is 188 g/mol. The van der Waals surface area contributed by atoms with E-state index in [4.69, 9.17) is 5.73 Å².